The molecule has 0 spiro atoms. The highest BCUT2D eigenvalue weighted by Crippen LogP contribution is 2.25. The van der Waals surface area contributed by atoms with Gasteiger partial charge in [-0.05, 0) is 49.9 Å². The number of aryl methyl sites for hydroxylation is 1. The van der Waals surface area contributed by atoms with Gasteiger partial charge in [0.2, 0.25) is 0 Å². The lowest BCUT2D eigenvalue weighted by Gasteiger charge is -2.29. The third kappa shape index (κ3) is 4.17. The van der Waals surface area contributed by atoms with Gasteiger partial charge in [0.15, 0.2) is 0 Å². The third-order valence-corrected chi connectivity index (χ3v) is 4.16. The van der Waals surface area contributed by atoms with E-state index in [0.29, 0.717) is 12.0 Å². The van der Waals surface area contributed by atoms with Crippen LogP contribution in [0.1, 0.15) is 38.3 Å². The molecule has 118 valence electrons. The molecule has 1 fully saturated rings. The van der Waals surface area contributed by atoms with Crippen molar-refractivity contribution >= 4 is 5.82 Å². The molecule has 1 aliphatic heterocycles. The van der Waals surface area contributed by atoms with Gasteiger partial charge >= 0.3 is 0 Å². The molecule has 1 aliphatic rings. The van der Waals surface area contributed by atoms with Gasteiger partial charge in [0.1, 0.15) is 5.82 Å². The van der Waals surface area contributed by atoms with Crippen LogP contribution in [-0.4, -0.2) is 37.3 Å². The Balaban J connectivity index is 2.01. The first kappa shape index (κ1) is 16.2. The lowest BCUT2D eigenvalue weighted by atomic mass is 10.1. The summed E-state index contributed by atoms with van der Waals surface area (Å²) in [7, 11) is 2.13. The molecule has 21 heavy (non-hydrogen) atoms. The molecule has 0 saturated carbocycles. The van der Waals surface area contributed by atoms with Gasteiger partial charge in [-0.25, -0.2) is 4.98 Å². The van der Waals surface area contributed by atoms with Crippen LogP contribution in [-0.2, 0) is 11.3 Å². The molecule has 2 atom stereocenters. The number of nitrogens with zero attached hydrogens (tertiary/aromatic N) is 2. The van der Waals surface area contributed by atoms with Crippen molar-refractivity contribution in [2.75, 3.05) is 25.1 Å². The lowest BCUT2D eigenvalue weighted by molar-refractivity contribution is 0.118. The Morgan fingerprint density at radius 2 is 2.24 bits per heavy atom. The van der Waals surface area contributed by atoms with Crippen molar-refractivity contribution in [3.8, 4) is 0 Å². The summed E-state index contributed by atoms with van der Waals surface area (Å²) in [5, 5.41) is 3.47. The number of hydrogen-bond acceptors (Lipinski definition) is 4. The van der Waals surface area contributed by atoms with Gasteiger partial charge in [0, 0.05) is 26.4 Å². The monoisotopic (exact) mass is 291 g/mol. The quantitative estimate of drug-likeness (QED) is 0.874. The predicted molar refractivity (Wildman–Crippen MR) is 87.7 cm³/mol. The standard InChI is InChI=1S/C17H29N3O/c1-12(2)9-18-10-15-8-13(3)17(19-11-15)20(5)16-6-7-21-14(16)4/h8,11-12,14,16,18H,6-7,9-10H2,1-5H3. The van der Waals surface area contributed by atoms with Crippen LogP contribution < -0.4 is 10.2 Å². The average molecular weight is 291 g/mol. The smallest absolute Gasteiger partial charge is 0.131 e. The maximum Gasteiger partial charge on any atom is 0.131 e. The van der Waals surface area contributed by atoms with Crippen LogP contribution in [0.5, 0.6) is 0 Å². The fraction of sp³-hybridized carbons (Fsp3) is 0.706. The molecule has 4 nitrogen and oxygen atoms in total. The van der Waals surface area contributed by atoms with Gasteiger partial charge < -0.3 is 15.0 Å². The van der Waals surface area contributed by atoms with Gasteiger partial charge in [-0.2, -0.15) is 0 Å². The van der Waals surface area contributed by atoms with Crippen molar-refractivity contribution in [3.63, 3.8) is 0 Å². The number of pyridine rings is 1. The van der Waals surface area contributed by atoms with E-state index < -0.39 is 0 Å². The molecular weight excluding hydrogens is 262 g/mol. The maximum absolute atomic E-state index is 5.67. The second-order valence-corrected chi connectivity index (χ2v) is 6.55. The maximum atomic E-state index is 5.67. The number of hydrogen-bond donors (Lipinski definition) is 1. The highest BCUT2D eigenvalue weighted by molar-refractivity contribution is 5.48. The van der Waals surface area contributed by atoms with E-state index >= 15 is 0 Å². The summed E-state index contributed by atoms with van der Waals surface area (Å²) < 4.78 is 5.67. The summed E-state index contributed by atoms with van der Waals surface area (Å²) >= 11 is 0. The minimum atomic E-state index is 0.281. The molecule has 0 amide bonds. The van der Waals surface area contributed by atoms with Crippen LogP contribution in [0.25, 0.3) is 0 Å². The van der Waals surface area contributed by atoms with Crippen molar-refractivity contribution in [2.45, 2.75) is 52.8 Å². The largest absolute Gasteiger partial charge is 0.376 e. The van der Waals surface area contributed by atoms with Crippen LogP contribution in [0.2, 0.25) is 0 Å². The van der Waals surface area contributed by atoms with Crippen LogP contribution in [0.4, 0.5) is 5.82 Å². The van der Waals surface area contributed by atoms with Crippen LogP contribution in [0.15, 0.2) is 12.3 Å². The SMILES string of the molecule is Cc1cc(CNCC(C)C)cnc1N(C)C1CCOC1C. The Hall–Kier alpha value is -1.13. The summed E-state index contributed by atoms with van der Waals surface area (Å²) in [6.45, 7) is 11.5. The zero-order valence-corrected chi connectivity index (χ0v) is 14.0. The number of likely N-dealkylation sites (N-methyl/N-ethyl adjacent to an activating group) is 1. The molecule has 4 heteroatoms. The Kier molecular flexibility index (Phi) is 5.59. The van der Waals surface area contributed by atoms with Crippen molar-refractivity contribution in [2.24, 2.45) is 5.92 Å². The van der Waals surface area contributed by atoms with E-state index in [9.17, 15) is 0 Å². The Labute approximate surface area is 128 Å². The normalized spacial score (nSPS) is 22.0. The van der Waals surface area contributed by atoms with Crippen molar-refractivity contribution in [1.29, 1.82) is 0 Å². The molecule has 0 aliphatic carbocycles. The number of aromatic nitrogens is 1. The van der Waals surface area contributed by atoms with E-state index in [2.05, 4.69) is 56.0 Å². The van der Waals surface area contributed by atoms with Crippen molar-refractivity contribution in [1.82, 2.24) is 10.3 Å². The van der Waals surface area contributed by atoms with Crippen LogP contribution in [0.3, 0.4) is 0 Å². The molecule has 1 aromatic heterocycles. The fourth-order valence-corrected chi connectivity index (χ4v) is 2.98. The lowest BCUT2D eigenvalue weighted by Crippen LogP contribution is -2.37. The first-order valence-electron chi connectivity index (χ1n) is 7.99. The minimum absolute atomic E-state index is 0.281. The van der Waals surface area contributed by atoms with E-state index in [1.54, 1.807) is 0 Å². The number of ether oxygens (including phenoxy) is 1. The van der Waals surface area contributed by atoms with Crippen molar-refractivity contribution < 1.29 is 4.74 Å². The van der Waals surface area contributed by atoms with E-state index in [4.69, 9.17) is 4.74 Å². The molecule has 1 aromatic rings. The summed E-state index contributed by atoms with van der Waals surface area (Å²) in [6.07, 6.45) is 3.35. The minimum Gasteiger partial charge on any atom is -0.376 e. The van der Waals surface area contributed by atoms with Crippen LogP contribution >= 0.6 is 0 Å². The summed E-state index contributed by atoms with van der Waals surface area (Å²) in [5.41, 5.74) is 2.49. The molecule has 2 heterocycles. The highest BCUT2D eigenvalue weighted by Gasteiger charge is 2.29. The van der Waals surface area contributed by atoms with Crippen LogP contribution in [0, 0.1) is 12.8 Å². The van der Waals surface area contributed by atoms with Crippen molar-refractivity contribution in [3.05, 3.63) is 23.4 Å². The van der Waals surface area contributed by atoms with E-state index in [1.165, 1.54) is 11.1 Å². The van der Waals surface area contributed by atoms with E-state index in [-0.39, 0.29) is 6.10 Å². The summed E-state index contributed by atoms with van der Waals surface area (Å²) in [5.74, 6) is 1.75. The van der Waals surface area contributed by atoms with Gasteiger partial charge in [-0.15, -0.1) is 0 Å². The topological polar surface area (TPSA) is 37.4 Å². The second kappa shape index (κ2) is 7.23. The zero-order chi connectivity index (χ0) is 15.4. The van der Waals surface area contributed by atoms with Gasteiger partial charge in [-0.1, -0.05) is 13.8 Å². The number of anilines is 1. The average Bonchev–Trinajstić information content (AvgIpc) is 2.84. The van der Waals surface area contributed by atoms with E-state index in [1.807, 2.05) is 6.20 Å². The first-order chi connectivity index (χ1) is 9.99. The molecule has 1 saturated heterocycles. The molecule has 2 rings (SSSR count). The molecule has 0 aromatic carbocycles. The second-order valence-electron chi connectivity index (χ2n) is 6.55. The Morgan fingerprint density at radius 3 is 2.81 bits per heavy atom. The summed E-state index contributed by atoms with van der Waals surface area (Å²) in [6, 6.07) is 2.67. The third-order valence-electron chi connectivity index (χ3n) is 4.16. The molecule has 1 N–H and O–H groups in total. The van der Waals surface area contributed by atoms with Gasteiger partial charge in [0.05, 0.1) is 12.1 Å². The molecule has 2 unspecified atom stereocenters. The molecular formula is C17H29N3O. The van der Waals surface area contributed by atoms with Gasteiger partial charge in [-0.3, -0.25) is 0 Å². The highest BCUT2D eigenvalue weighted by atomic mass is 16.5. The zero-order valence-electron chi connectivity index (χ0n) is 14.0. The van der Waals surface area contributed by atoms with E-state index in [0.717, 1.165) is 31.9 Å². The number of nitrogens with one attached hydrogen (secondary N) is 1. The molecule has 0 radical (unpaired) electrons. The number of rotatable bonds is 6. The van der Waals surface area contributed by atoms with Gasteiger partial charge in [0.25, 0.3) is 0 Å². The summed E-state index contributed by atoms with van der Waals surface area (Å²) in [4.78, 5) is 6.96. The molecule has 0 bridgehead atoms. The fourth-order valence-electron chi connectivity index (χ4n) is 2.98. The Bertz CT molecular complexity index is 461. The Morgan fingerprint density at radius 1 is 1.48 bits per heavy atom. The predicted octanol–water partition coefficient (Wildman–Crippen LogP) is 2.75. The first-order valence-corrected chi connectivity index (χ1v) is 7.99.